The van der Waals surface area contributed by atoms with Gasteiger partial charge in [0.2, 0.25) is 10.6 Å². The molecule has 0 saturated carbocycles. The Hall–Kier alpha value is -1.39. The lowest BCUT2D eigenvalue weighted by Crippen LogP contribution is -1.96. The van der Waals surface area contributed by atoms with E-state index in [-0.39, 0.29) is 10.6 Å². The lowest BCUT2D eigenvalue weighted by Gasteiger charge is -2.06. The molecule has 0 atom stereocenters. The molecule has 86 valence electrons. The number of hydrogen-bond donors (Lipinski definition) is 0. The summed E-state index contributed by atoms with van der Waals surface area (Å²) in [6.07, 6.45) is 0.899. The molecule has 0 N–H and O–H groups in total. The normalized spacial score (nSPS) is 13.3. The number of aromatic nitrogens is 3. The van der Waals surface area contributed by atoms with Crippen LogP contribution in [-0.4, -0.2) is 21.6 Å². The van der Waals surface area contributed by atoms with Gasteiger partial charge in [-0.2, -0.15) is 15.0 Å². The molecule has 0 unspecified atom stereocenters. The molecule has 1 aromatic heterocycles. The summed E-state index contributed by atoms with van der Waals surface area (Å²) < 4.78 is 5.58. The molecule has 0 fully saturated rings. The highest BCUT2D eigenvalue weighted by Gasteiger charge is 2.19. The van der Waals surface area contributed by atoms with Gasteiger partial charge in [0, 0.05) is 6.42 Å². The van der Waals surface area contributed by atoms with Gasteiger partial charge in [-0.1, -0.05) is 12.1 Å². The molecule has 2 heterocycles. The standard InChI is InChI=1S/C11H7Cl2N3O/c12-10-14-9(15-11(13)16-10)7-3-1-2-6-4-5-17-8(6)7/h1-3H,4-5H2. The largest absolute Gasteiger partial charge is 0.492 e. The summed E-state index contributed by atoms with van der Waals surface area (Å²) in [7, 11) is 0. The minimum absolute atomic E-state index is 0.0793. The molecule has 1 aliphatic heterocycles. The minimum atomic E-state index is 0.0793. The first-order chi connectivity index (χ1) is 8.24. The van der Waals surface area contributed by atoms with Gasteiger partial charge in [-0.15, -0.1) is 0 Å². The van der Waals surface area contributed by atoms with Crippen LogP contribution in [0.5, 0.6) is 5.75 Å². The summed E-state index contributed by atoms with van der Waals surface area (Å²) in [4.78, 5) is 11.8. The van der Waals surface area contributed by atoms with Crippen molar-refractivity contribution in [1.29, 1.82) is 0 Å². The summed E-state index contributed by atoms with van der Waals surface area (Å²) in [5.41, 5.74) is 1.95. The number of rotatable bonds is 1. The van der Waals surface area contributed by atoms with Crippen LogP contribution in [0.15, 0.2) is 18.2 Å². The van der Waals surface area contributed by atoms with Crippen LogP contribution < -0.4 is 4.74 Å². The van der Waals surface area contributed by atoms with E-state index in [0.29, 0.717) is 12.4 Å². The smallest absolute Gasteiger partial charge is 0.227 e. The summed E-state index contributed by atoms with van der Waals surface area (Å²) in [6.45, 7) is 0.679. The van der Waals surface area contributed by atoms with E-state index in [9.17, 15) is 0 Å². The third kappa shape index (κ3) is 1.94. The van der Waals surface area contributed by atoms with Crippen molar-refractivity contribution >= 4 is 23.2 Å². The van der Waals surface area contributed by atoms with Crippen molar-refractivity contribution in [1.82, 2.24) is 15.0 Å². The van der Waals surface area contributed by atoms with Gasteiger partial charge in [0.15, 0.2) is 5.82 Å². The SMILES string of the molecule is Clc1nc(Cl)nc(-c2cccc3c2OCC3)n1. The Kier molecular flexibility index (Phi) is 2.61. The second-order valence-electron chi connectivity index (χ2n) is 3.59. The van der Waals surface area contributed by atoms with E-state index in [1.54, 1.807) is 0 Å². The van der Waals surface area contributed by atoms with Crippen molar-refractivity contribution in [2.75, 3.05) is 6.61 Å². The van der Waals surface area contributed by atoms with Gasteiger partial charge in [0.25, 0.3) is 0 Å². The third-order valence-corrected chi connectivity index (χ3v) is 2.87. The van der Waals surface area contributed by atoms with Gasteiger partial charge in [0.1, 0.15) is 5.75 Å². The van der Waals surface area contributed by atoms with Gasteiger partial charge in [0.05, 0.1) is 12.2 Å². The Labute approximate surface area is 108 Å². The van der Waals surface area contributed by atoms with Crippen LogP contribution in [0, 0.1) is 0 Å². The van der Waals surface area contributed by atoms with E-state index in [0.717, 1.165) is 23.3 Å². The molecule has 1 aromatic carbocycles. The molecule has 0 bridgehead atoms. The molecular formula is C11H7Cl2N3O. The number of benzene rings is 1. The summed E-state index contributed by atoms with van der Waals surface area (Å²) in [5, 5.41) is 0.159. The predicted molar refractivity (Wildman–Crippen MR) is 64.5 cm³/mol. The molecule has 1 aliphatic rings. The average Bonchev–Trinajstić information content (AvgIpc) is 2.75. The van der Waals surface area contributed by atoms with Crippen molar-refractivity contribution in [3.05, 3.63) is 34.3 Å². The van der Waals surface area contributed by atoms with Crippen LogP contribution in [0.4, 0.5) is 0 Å². The van der Waals surface area contributed by atoms with Crippen molar-refractivity contribution in [2.45, 2.75) is 6.42 Å². The number of para-hydroxylation sites is 1. The van der Waals surface area contributed by atoms with Gasteiger partial charge >= 0.3 is 0 Å². The molecule has 0 saturated heterocycles. The van der Waals surface area contributed by atoms with E-state index in [1.165, 1.54) is 0 Å². The van der Waals surface area contributed by atoms with Gasteiger partial charge in [-0.3, -0.25) is 0 Å². The fourth-order valence-corrected chi connectivity index (χ4v) is 2.20. The molecule has 0 aliphatic carbocycles. The van der Waals surface area contributed by atoms with Gasteiger partial charge in [-0.25, -0.2) is 0 Å². The Bertz CT molecular complexity index is 569. The zero-order valence-corrected chi connectivity index (χ0v) is 10.2. The molecule has 17 heavy (non-hydrogen) atoms. The fraction of sp³-hybridized carbons (Fsp3) is 0.182. The van der Waals surface area contributed by atoms with Crippen molar-refractivity contribution in [3.8, 4) is 17.1 Å². The molecule has 0 spiro atoms. The minimum Gasteiger partial charge on any atom is -0.492 e. The van der Waals surface area contributed by atoms with Crippen LogP contribution >= 0.6 is 23.2 Å². The molecule has 4 nitrogen and oxygen atoms in total. The van der Waals surface area contributed by atoms with Crippen molar-refractivity contribution in [3.63, 3.8) is 0 Å². The van der Waals surface area contributed by atoms with E-state index in [1.807, 2.05) is 18.2 Å². The lowest BCUT2D eigenvalue weighted by atomic mass is 10.1. The molecule has 0 amide bonds. The number of hydrogen-bond acceptors (Lipinski definition) is 4. The Morgan fingerprint density at radius 2 is 1.82 bits per heavy atom. The fourth-order valence-electron chi connectivity index (χ4n) is 1.84. The number of ether oxygens (including phenoxy) is 1. The quantitative estimate of drug-likeness (QED) is 0.797. The predicted octanol–water partition coefficient (Wildman–Crippen LogP) is 2.78. The number of halogens is 2. The van der Waals surface area contributed by atoms with Crippen LogP contribution in [-0.2, 0) is 6.42 Å². The molecule has 3 rings (SSSR count). The number of fused-ring (bicyclic) bond motifs is 1. The van der Waals surface area contributed by atoms with Gasteiger partial charge in [-0.05, 0) is 34.8 Å². The topological polar surface area (TPSA) is 47.9 Å². The highest BCUT2D eigenvalue weighted by atomic mass is 35.5. The van der Waals surface area contributed by atoms with E-state index in [4.69, 9.17) is 27.9 Å². The summed E-state index contributed by atoms with van der Waals surface area (Å²) in [5.74, 6) is 1.25. The molecule has 2 aromatic rings. The maximum atomic E-state index is 5.76. The first-order valence-electron chi connectivity index (χ1n) is 5.06. The van der Waals surface area contributed by atoms with Crippen LogP contribution in [0.25, 0.3) is 11.4 Å². The van der Waals surface area contributed by atoms with Crippen LogP contribution in [0.2, 0.25) is 10.6 Å². The van der Waals surface area contributed by atoms with Crippen molar-refractivity contribution in [2.24, 2.45) is 0 Å². The second kappa shape index (κ2) is 4.13. The Balaban J connectivity index is 2.19. The zero-order valence-electron chi connectivity index (χ0n) is 8.65. The van der Waals surface area contributed by atoms with E-state index in [2.05, 4.69) is 15.0 Å². The van der Waals surface area contributed by atoms with Crippen LogP contribution in [0.1, 0.15) is 5.56 Å². The van der Waals surface area contributed by atoms with Gasteiger partial charge < -0.3 is 4.74 Å². The van der Waals surface area contributed by atoms with Crippen molar-refractivity contribution < 1.29 is 4.74 Å². The summed E-state index contributed by atoms with van der Waals surface area (Å²) in [6, 6.07) is 5.84. The first kappa shape index (κ1) is 10.7. The maximum Gasteiger partial charge on any atom is 0.227 e. The first-order valence-corrected chi connectivity index (χ1v) is 5.82. The average molecular weight is 268 g/mol. The second-order valence-corrected chi connectivity index (χ2v) is 4.27. The Morgan fingerprint density at radius 1 is 1.06 bits per heavy atom. The lowest BCUT2D eigenvalue weighted by molar-refractivity contribution is 0.358. The van der Waals surface area contributed by atoms with E-state index < -0.39 is 0 Å². The molecule has 6 heteroatoms. The monoisotopic (exact) mass is 267 g/mol. The van der Waals surface area contributed by atoms with E-state index >= 15 is 0 Å². The molecular weight excluding hydrogens is 261 g/mol. The number of nitrogens with zero attached hydrogens (tertiary/aromatic N) is 3. The summed E-state index contributed by atoms with van der Waals surface area (Å²) >= 11 is 11.5. The Morgan fingerprint density at radius 3 is 2.59 bits per heavy atom. The molecule has 0 radical (unpaired) electrons. The maximum absolute atomic E-state index is 5.76. The third-order valence-electron chi connectivity index (χ3n) is 2.54. The highest BCUT2D eigenvalue weighted by Crippen LogP contribution is 2.35. The van der Waals surface area contributed by atoms with Crippen LogP contribution in [0.3, 0.4) is 0 Å². The highest BCUT2D eigenvalue weighted by molar-refractivity contribution is 6.31. The zero-order chi connectivity index (χ0) is 11.8.